The summed E-state index contributed by atoms with van der Waals surface area (Å²) in [6.07, 6.45) is 1.84. The molecule has 1 aliphatic rings. The molecule has 0 aliphatic carbocycles. The molecule has 0 unspecified atom stereocenters. The number of hydrogen-bond donors (Lipinski definition) is 1. The molecule has 7 heteroatoms. The Balaban J connectivity index is 1.57. The van der Waals surface area contributed by atoms with Crippen molar-refractivity contribution in [1.82, 2.24) is 10.2 Å². The number of methoxy groups -OCH3 is 3. The molecule has 2 aromatic carbocycles. The maximum atomic E-state index is 12.8. The summed E-state index contributed by atoms with van der Waals surface area (Å²) in [5, 5.41) is 3.06. The second-order valence-corrected chi connectivity index (χ2v) is 7.20. The van der Waals surface area contributed by atoms with Crippen LogP contribution in [0.5, 0.6) is 17.2 Å². The van der Waals surface area contributed by atoms with E-state index in [0.717, 1.165) is 18.4 Å². The molecule has 0 saturated carbocycles. The largest absolute Gasteiger partial charge is 0.493 e. The van der Waals surface area contributed by atoms with Gasteiger partial charge in [-0.25, -0.2) is 0 Å². The molecule has 2 aromatic rings. The van der Waals surface area contributed by atoms with E-state index in [1.807, 2.05) is 35.2 Å². The summed E-state index contributed by atoms with van der Waals surface area (Å²) < 4.78 is 15.9. The number of nitrogens with one attached hydrogen (secondary N) is 1. The summed E-state index contributed by atoms with van der Waals surface area (Å²) in [6.45, 7) is 1.26. The summed E-state index contributed by atoms with van der Waals surface area (Å²) in [4.78, 5) is 27.2. The highest BCUT2D eigenvalue weighted by molar-refractivity contribution is 5.95. The van der Waals surface area contributed by atoms with Gasteiger partial charge in [-0.05, 0) is 30.5 Å². The number of rotatable bonds is 7. The molecular formula is C23H28N2O5. The normalized spacial score (nSPS) is 14.2. The number of amides is 2. The Kier molecular flexibility index (Phi) is 7.17. The van der Waals surface area contributed by atoms with Gasteiger partial charge in [0.1, 0.15) is 0 Å². The molecule has 1 fully saturated rings. The van der Waals surface area contributed by atoms with E-state index >= 15 is 0 Å². The third kappa shape index (κ3) is 5.03. The van der Waals surface area contributed by atoms with Gasteiger partial charge in [-0.15, -0.1) is 0 Å². The van der Waals surface area contributed by atoms with E-state index < -0.39 is 0 Å². The van der Waals surface area contributed by atoms with Gasteiger partial charge in [-0.1, -0.05) is 30.3 Å². The highest BCUT2D eigenvalue weighted by Gasteiger charge is 2.25. The van der Waals surface area contributed by atoms with Gasteiger partial charge in [-0.2, -0.15) is 0 Å². The maximum absolute atomic E-state index is 12.8. The Labute approximate surface area is 176 Å². The van der Waals surface area contributed by atoms with Gasteiger partial charge in [-0.3, -0.25) is 9.59 Å². The van der Waals surface area contributed by atoms with E-state index in [-0.39, 0.29) is 17.9 Å². The topological polar surface area (TPSA) is 77.1 Å². The lowest BCUT2D eigenvalue weighted by molar-refractivity contribution is -0.131. The van der Waals surface area contributed by atoms with Crippen molar-refractivity contribution >= 4 is 11.8 Å². The van der Waals surface area contributed by atoms with Crippen molar-refractivity contribution in [3.05, 3.63) is 53.6 Å². The van der Waals surface area contributed by atoms with Gasteiger partial charge in [0.15, 0.2) is 11.5 Å². The van der Waals surface area contributed by atoms with Crippen LogP contribution in [-0.2, 0) is 11.2 Å². The van der Waals surface area contributed by atoms with E-state index in [1.165, 1.54) is 21.3 Å². The van der Waals surface area contributed by atoms with Crippen LogP contribution in [0.1, 0.15) is 28.8 Å². The summed E-state index contributed by atoms with van der Waals surface area (Å²) in [7, 11) is 4.55. The molecule has 0 radical (unpaired) electrons. The maximum Gasteiger partial charge on any atom is 0.251 e. The van der Waals surface area contributed by atoms with E-state index in [0.29, 0.717) is 42.3 Å². The van der Waals surface area contributed by atoms with Gasteiger partial charge in [0.05, 0.1) is 27.8 Å². The van der Waals surface area contributed by atoms with E-state index in [1.54, 1.807) is 12.1 Å². The Hall–Kier alpha value is -3.22. The molecule has 0 bridgehead atoms. The first-order chi connectivity index (χ1) is 14.5. The molecule has 3 rings (SSSR count). The van der Waals surface area contributed by atoms with Crippen molar-refractivity contribution in [3.8, 4) is 17.2 Å². The number of carbonyl (C=O) groups is 2. The van der Waals surface area contributed by atoms with E-state index in [4.69, 9.17) is 14.2 Å². The second-order valence-electron chi connectivity index (χ2n) is 7.20. The Morgan fingerprint density at radius 1 is 0.967 bits per heavy atom. The average molecular weight is 412 g/mol. The highest BCUT2D eigenvalue weighted by atomic mass is 16.5. The predicted molar refractivity (Wildman–Crippen MR) is 113 cm³/mol. The zero-order chi connectivity index (χ0) is 21.5. The highest BCUT2D eigenvalue weighted by Crippen LogP contribution is 2.38. The summed E-state index contributed by atoms with van der Waals surface area (Å²) in [5.74, 6) is 1.23. The minimum atomic E-state index is -0.205. The third-order valence-corrected chi connectivity index (χ3v) is 5.31. The van der Waals surface area contributed by atoms with E-state index in [9.17, 15) is 9.59 Å². The van der Waals surface area contributed by atoms with Crippen LogP contribution in [0.25, 0.3) is 0 Å². The number of ether oxygens (including phenoxy) is 3. The van der Waals surface area contributed by atoms with Crippen LogP contribution in [0.2, 0.25) is 0 Å². The standard InChI is InChI=1S/C23H28N2O5/c1-28-19-14-17(15-20(29-2)22(19)30-3)23(27)24-18-9-11-25(12-10-18)21(26)13-16-7-5-4-6-8-16/h4-8,14-15,18H,9-13H2,1-3H3,(H,24,27). The molecule has 1 heterocycles. The first-order valence-electron chi connectivity index (χ1n) is 9.98. The third-order valence-electron chi connectivity index (χ3n) is 5.31. The van der Waals surface area contributed by atoms with Crippen molar-refractivity contribution in [2.45, 2.75) is 25.3 Å². The van der Waals surface area contributed by atoms with Crippen molar-refractivity contribution in [1.29, 1.82) is 0 Å². The number of benzene rings is 2. The molecule has 1 aliphatic heterocycles. The van der Waals surface area contributed by atoms with Crippen LogP contribution in [0.4, 0.5) is 0 Å². The monoisotopic (exact) mass is 412 g/mol. The lowest BCUT2D eigenvalue weighted by atomic mass is 10.0. The summed E-state index contributed by atoms with van der Waals surface area (Å²) >= 11 is 0. The smallest absolute Gasteiger partial charge is 0.251 e. The quantitative estimate of drug-likeness (QED) is 0.757. The Morgan fingerprint density at radius 2 is 1.57 bits per heavy atom. The van der Waals surface area contributed by atoms with Crippen LogP contribution in [0.3, 0.4) is 0 Å². The fourth-order valence-corrected chi connectivity index (χ4v) is 3.64. The lowest BCUT2D eigenvalue weighted by Gasteiger charge is -2.32. The van der Waals surface area contributed by atoms with Gasteiger partial charge in [0, 0.05) is 24.7 Å². The number of likely N-dealkylation sites (tertiary alicyclic amines) is 1. The predicted octanol–water partition coefficient (Wildman–Crippen LogP) is 2.68. The van der Waals surface area contributed by atoms with Crippen molar-refractivity contribution in [2.75, 3.05) is 34.4 Å². The summed E-state index contributed by atoms with van der Waals surface area (Å²) in [5.41, 5.74) is 1.45. The number of nitrogens with zero attached hydrogens (tertiary/aromatic N) is 1. The van der Waals surface area contributed by atoms with Crippen molar-refractivity contribution in [2.24, 2.45) is 0 Å². The zero-order valence-corrected chi connectivity index (χ0v) is 17.6. The molecule has 30 heavy (non-hydrogen) atoms. The van der Waals surface area contributed by atoms with E-state index in [2.05, 4.69) is 5.32 Å². The molecule has 1 N–H and O–H groups in total. The Morgan fingerprint density at radius 3 is 2.10 bits per heavy atom. The van der Waals surface area contributed by atoms with Crippen LogP contribution >= 0.6 is 0 Å². The second kappa shape index (κ2) is 10.0. The van der Waals surface area contributed by atoms with Crippen LogP contribution in [0.15, 0.2) is 42.5 Å². The average Bonchev–Trinajstić information content (AvgIpc) is 2.79. The minimum absolute atomic E-state index is 0.0115. The summed E-state index contributed by atoms with van der Waals surface area (Å²) in [6, 6.07) is 13.0. The first kappa shape index (κ1) is 21.5. The first-order valence-corrected chi connectivity index (χ1v) is 9.98. The molecule has 0 spiro atoms. The van der Waals surface area contributed by atoms with Crippen LogP contribution in [-0.4, -0.2) is 57.2 Å². The number of carbonyl (C=O) groups excluding carboxylic acids is 2. The van der Waals surface area contributed by atoms with Gasteiger partial charge < -0.3 is 24.4 Å². The van der Waals surface area contributed by atoms with Crippen molar-refractivity contribution < 1.29 is 23.8 Å². The van der Waals surface area contributed by atoms with Gasteiger partial charge in [0.2, 0.25) is 11.7 Å². The van der Waals surface area contributed by atoms with Crippen LogP contribution in [0, 0.1) is 0 Å². The molecule has 160 valence electrons. The SMILES string of the molecule is COc1cc(C(=O)NC2CCN(C(=O)Cc3ccccc3)CC2)cc(OC)c1OC. The number of hydrogen-bond acceptors (Lipinski definition) is 5. The fraction of sp³-hybridized carbons (Fsp3) is 0.391. The molecule has 1 saturated heterocycles. The number of piperidine rings is 1. The van der Waals surface area contributed by atoms with Gasteiger partial charge >= 0.3 is 0 Å². The zero-order valence-electron chi connectivity index (χ0n) is 17.6. The lowest BCUT2D eigenvalue weighted by Crippen LogP contribution is -2.47. The fourth-order valence-electron chi connectivity index (χ4n) is 3.64. The molecule has 0 atom stereocenters. The van der Waals surface area contributed by atoms with Crippen molar-refractivity contribution in [3.63, 3.8) is 0 Å². The molecule has 0 aromatic heterocycles. The molecule has 7 nitrogen and oxygen atoms in total. The molecular weight excluding hydrogens is 384 g/mol. The molecule has 2 amide bonds. The van der Waals surface area contributed by atoms with Gasteiger partial charge in [0.25, 0.3) is 5.91 Å². The van der Waals surface area contributed by atoms with Crippen LogP contribution < -0.4 is 19.5 Å². The minimum Gasteiger partial charge on any atom is -0.493 e. The Bertz CT molecular complexity index is 851.